The summed E-state index contributed by atoms with van der Waals surface area (Å²) in [5.74, 6) is 0.732. The molecule has 0 atom stereocenters. The van der Waals surface area contributed by atoms with Gasteiger partial charge in [-0.2, -0.15) is 0 Å². The van der Waals surface area contributed by atoms with Crippen molar-refractivity contribution in [2.24, 2.45) is 0 Å². The average molecular weight is 415 g/mol. The Kier molecular flexibility index (Phi) is 7.73. The van der Waals surface area contributed by atoms with Gasteiger partial charge in [0.15, 0.2) is 0 Å². The third-order valence-corrected chi connectivity index (χ3v) is 5.27. The van der Waals surface area contributed by atoms with Crippen LogP contribution in [0.1, 0.15) is 16.8 Å². The largest absolute Gasteiger partial charge is 0.495 e. The highest BCUT2D eigenvalue weighted by Gasteiger charge is 2.24. The van der Waals surface area contributed by atoms with Crippen LogP contribution in [0.15, 0.2) is 47.3 Å². The number of ether oxygens (including phenoxy) is 2. The van der Waals surface area contributed by atoms with Gasteiger partial charge in [0.1, 0.15) is 12.0 Å². The number of hydrogen-bond donors (Lipinski definition) is 0. The summed E-state index contributed by atoms with van der Waals surface area (Å²) in [4.78, 5) is 31.1. The van der Waals surface area contributed by atoms with E-state index in [1.54, 1.807) is 25.2 Å². The first-order chi connectivity index (χ1) is 14.6. The fraction of sp³-hybridized carbons (Fsp3) is 0.455. The van der Waals surface area contributed by atoms with Crippen molar-refractivity contribution in [1.82, 2.24) is 9.80 Å². The third-order valence-electron chi connectivity index (χ3n) is 5.27. The van der Waals surface area contributed by atoms with Gasteiger partial charge in [-0.3, -0.25) is 9.59 Å². The Bertz CT molecular complexity index is 816. The minimum atomic E-state index is -0.158. The second-order valence-corrected chi connectivity index (χ2v) is 7.09. The fourth-order valence-corrected chi connectivity index (χ4v) is 3.56. The van der Waals surface area contributed by atoms with Gasteiger partial charge in [-0.05, 0) is 18.2 Å². The lowest BCUT2D eigenvalue weighted by Crippen LogP contribution is -2.49. The summed E-state index contributed by atoms with van der Waals surface area (Å²) in [5, 5.41) is 0. The highest BCUT2D eigenvalue weighted by molar-refractivity contribution is 5.94. The van der Waals surface area contributed by atoms with Gasteiger partial charge in [-0.15, -0.1) is 0 Å². The molecule has 1 aromatic carbocycles. The van der Waals surface area contributed by atoms with Crippen LogP contribution in [-0.2, 0) is 9.53 Å². The number of nitrogens with zero attached hydrogens (tertiary/aromatic N) is 3. The molecule has 30 heavy (non-hydrogen) atoms. The van der Waals surface area contributed by atoms with E-state index < -0.39 is 0 Å². The summed E-state index contributed by atoms with van der Waals surface area (Å²) in [6, 6.07) is 9.54. The van der Waals surface area contributed by atoms with Crippen molar-refractivity contribution in [3.8, 4) is 5.75 Å². The number of furan rings is 1. The van der Waals surface area contributed by atoms with Crippen molar-refractivity contribution in [3.63, 3.8) is 0 Å². The van der Waals surface area contributed by atoms with Gasteiger partial charge in [0.25, 0.3) is 5.91 Å². The highest BCUT2D eigenvalue weighted by atomic mass is 16.5. The average Bonchev–Trinajstić information content (AvgIpc) is 3.33. The fourth-order valence-electron chi connectivity index (χ4n) is 3.56. The number of amides is 2. The minimum absolute atomic E-state index is 0.0529. The molecule has 0 N–H and O–H groups in total. The molecule has 2 amide bonds. The molecule has 0 unspecified atom stereocenters. The van der Waals surface area contributed by atoms with Crippen LogP contribution in [0.5, 0.6) is 5.75 Å². The predicted molar refractivity (Wildman–Crippen MR) is 113 cm³/mol. The van der Waals surface area contributed by atoms with Crippen LogP contribution in [0, 0.1) is 0 Å². The molecule has 0 spiro atoms. The minimum Gasteiger partial charge on any atom is -0.495 e. The Morgan fingerprint density at radius 3 is 2.50 bits per heavy atom. The first kappa shape index (κ1) is 21.7. The Morgan fingerprint density at radius 1 is 1.07 bits per heavy atom. The van der Waals surface area contributed by atoms with Crippen LogP contribution < -0.4 is 9.64 Å². The van der Waals surface area contributed by atoms with E-state index in [9.17, 15) is 9.59 Å². The standard InChI is InChI=1S/C22H29N3O5/c1-28-16-14-25(22(27)18-8-15-30-17-18)9-7-21(26)24-12-10-23(11-13-24)19-5-3-4-6-20(19)29-2/h3-6,8,15,17H,7,9-14,16H2,1-2H3. The molecule has 2 aromatic rings. The van der Waals surface area contributed by atoms with Gasteiger partial charge in [-0.25, -0.2) is 0 Å². The molecule has 0 bridgehead atoms. The number of benzene rings is 1. The first-order valence-corrected chi connectivity index (χ1v) is 10.1. The molecule has 1 fully saturated rings. The van der Waals surface area contributed by atoms with Gasteiger partial charge in [0, 0.05) is 52.8 Å². The van der Waals surface area contributed by atoms with Crippen molar-refractivity contribution < 1.29 is 23.5 Å². The molecule has 0 saturated carbocycles. The Balaban J connectivity index is 1.52. The SMILES string of the molecule is COCCN(CCC(=O)N1CCN(c2ccccc2OC)CC1)C(=O)c1ccoc1. The van der Waals surface area contributed by atoms with E-state index in [-0.39, 0.29) is 18.2 Å². The smallest absolute Gasteiger partial charge is 0.257 e. The summed E-state index contributed by atoms with van der Waals surface area (Å²) in [7, 11) is 3.26. The maximum absolute atomic E-state index is 12.7. The van der Waals surface area contributed by atoms with Gasteiger partial charge in [-0.1, -0.05) is 12.1 Å². The molecule has 1 aliphatic rings. The lowest BCUT2D eigenvalue weighted by molar-refractivity contribution is -0.131. The molecule has 1 aromatic heterocycles. The van der Waals surface area contributed by atoms with Crippen LogP contribution in [0.3, 0.4) is 0 Å². The summed E-state index contributed by atoms with van der Waals surface area (Å²) in [6.07, 6.45) is 3.16. The zero-order valence-electron chi connectivity index (χ0n) is 17.6. The Hall–Kier alpha value is -3.00. The van der Waals surface area contributed by atoms with E-state index in [0.29, 0.717) is 38.3 Å². The van der Waals surface area contributed by atoms with E-state index in [0.717, 1.165) is 24.5 Å². The molecule has 1 saturated heterocycles. The van der Waals surface area contributed by atoms with Crippen LogP contribution in [0.4, 0.5) is 5.69 Å². The number of methoxy groups -OCH3 is 2. The molecule has 0 aliphatic carbocycles. The molecule has 8 nitrogen and oxygen atoms in total. The zero-order valence-corrected chi connectivity index (χ0v) is 17.6. The van der Waals surface area contributed by atoms with E-state index in [4.69, 9.17) is 13.9 Å². The maximum Gasteiger partial charge on any atom is 0.257 e. The zero-order chi connectivity index (χ0) is 21.3. The number of hydrogen-bond acceptors (Lipinski definition) is 6. The van der Waals surface area contributed by atoms with Crippen molar-refractivity contribution in [2.75, 3.05) is 65.0 Å². The van der Waals surface area contributed by atoms with Crippen molar-refractivity contribution in [3.05, 3.63) is 48.4 Å². The van der Waals surface area contributed by atoms with E-state index >= 15 is 0 Å². The number of carbonyl (C=O) groups is 2. The molecular weight excluding hydrogens is 386 g/mol. The van der Waals surface area contributed by atoms with Gasteiger partial charge in [0.05, 0.1) is 31.2 Å². The van der Waals surface area contributed by atoms with E-state index in [2.05, 4.69) is 4.90 Å². The van der Waals surface area contributed by atoms with Crippen molar-refractivity contribution in [2.45, 2.75) is 6.42 Å². The number of rotatable bonds is 9. The normalized spacial score (nSPS) is 13.9. The number of piperazine rings is 1. The number of para-hydroxylation sites is 2. The van der Waals surface area contributed by atoms with Crippen LogP contribution in [0.2, 0.25) is 0 Å². The molecule has 1 aliphatic heterocycles. The van der Waals surface area contributed by atoms with Crippen molar-refractivity contribution >= 4 is 17.5 Å². The predicted octanol–water partition coefficient (Wildman–Crippen LogP) is 2.12. The second kappa shape index (κ2) is 10.7. The molecular formula is C22H29N3O5. The summed E-state index contributed by atoms with van der Waals surface area (Å²) < 4.78 is 15.6. The van der Waals surface area contributed by atoms with Gasteiger partial charge < -0.3 is 28.6 Å². The number of anilines is 1. The quantitative estimate of drug-likeness (QED) is 0.625. The summed E-state index contributed by atoms with van der Waals surface area (Å²) in [5.41, 5.74) is 1.52. The van der Waals surface area contributed by atoms with E-state index in [1.807, 2.05) is 29.2 Å². The molecule has 162 valence electrons. The monoisotopic (exact) mass is 415 g/mol. The lowest BCUT2D eigenvalue weighted by Gasteiger charge is -2.37. The molecule has 0 radical (unpaired) electrons. The van der Waals surface area contributed by atoms with Crippen LogP contribution >= 0.6 is 0 Å². The summed E-state index contributed by atoms with van der Waals surface area (Å²) >= 11 is 0. The van der Waals surface area contributed by atoms with Crippen molar-refractivity contribution in [1.29, 1.82) is 0 Å². The highest BCUT2D eigenvalue weighted by Crippen LogP contribution is 2.28. The first-order valence-electron chi connectivity index (χ1n) is 10.1. The third kappa shape index (κ3) is 5.33. The van der Waals surface area contributed by atoms with Gasteiger partial charge in [0.2, 0.25) is 5.91 Å². The maximum atomic E-state index is 12.7. The Labute approximate surface area is 176 Å². The molecule has 2 heterocycles. The van der Waals surface area contributed by atoms with Crippen LogP contribution in [-0.4, -0.2) is 81.7 Å². The van der Waals surface area contributed by atoms with E-state index in [1.165, 1.54) is 12.5 Å². The molecule has 8 heteroatoms. The topological polar surface area (TPSA) is 75.5 Å². The lowest BCUT2D eigenvalue weighted by atomic mass is 10.2. The van der Waals surface area contributed by atoms with Crippen LogP contribution in [0.25, 0.3) is 0 Å². The van der Waals surface area contributed by atoms with Gasteiger partial charge >= 0.3 is 0 Å². The number of carbonyl (C=O) groups excluding carboxylic acids is 2. The second-order valence-electron chi connectivity index (χ2n) is 7.09. The molecule has 3 rings (SSSR count). The summed E-state index contributed by atoms with van der Waals surface area (Å²) in [6.45, 7) is 3.96. The Morgan fingerprint density at radius 2 is 1.83 bits per heavy atom.